The third kappa shape index (κ3) is 5.37. The van der Waals surface area contributed by atoms with Crippen LogP contribution in [0.15, 0.2) is 76.9 Å². The molecule has 0 unspecified atom stereocenters. The van der Waals surface area contributed by atoms with E-state index in [0.717, 1.165) is 47.5 Å². The van der Waals surface area contributed by atoms with Crippen LogP contribution >= 0.6 is 11.8 Å². The second-order valence-corrected chi connectivity index (χ2v) is 8.38. The Bertz CT molecular complexity index is 972. The summed E-state index contributed by atoms with van der Waals surface area (Å²) >= 11 is 1.58. The molecule has 1 aliphatic rings. The molecule has 30 heavy (non-hydrogen) atoms. The van der Waals surface area contributed by atoms with Crippen LogP contribution in [0.3, 0.4) is 0 Å². The Morgan fingerprint density at radius 3 is 2.53 bits per heavy atom. The van der Waals surface area contributed by atoms with Crippen LogP contribution in [0.1, 0.15) is 15.9 Å². The van der Waals surface area contributed by atoms with Crippen LogP contribution in [0.4, 0.5) is 5.82 Å². The molecule has 0 saturated carbocycles. The first-order valence-electron chi connectivity index (χ1n) is 10.0. The molecule has 1 amide bonds. The van der Waals surface area contributed by atoms with E-state index in [1.807, 2.05) is 54.7 Å². The number of nitrogens with one attached hydrogen (secondary N) is 1. The van der Waals surface area contributed by atoms with Gasteiger partial charge in [-0.1, -0.05) is 17.8 Å². The van der Waals surface area contributed by atoms with Crippen LogP contribution in [0.2, 0.25) is 0 Å². The Balaban J connectivity index is 1.33. The minimum atomic E-state index is -0.0812. The van der Waals surface area contributed by atoms with Crippen molar-refractivity contribution in [1.29, 1.82) is 0 Å². The van der Waals surface area contributed by atoms with E-state index in [1.165, 1.54) is 0 Å². The highest BCUT2D eigenvalue weighted by atomic mass is 32.2. The Morgan fingerprint density at radius 1 is 1.00 bits per heavy atom. The molecule has 0 bridgehead atoms. The summed E-state index contributed by atoms with van der Waals surface area (Å²) in [6.45, 7) is 4.51. The maximum absolute atomic E-state index is 12.5. The smallest absolute Gasteiger partial charge is 0.251 e. The standard InChI is InChI=1S/C23H25N5OS/c1-27-12-14-28(15-13-27)21-16-18(9-11-24-21)17-26-23(29)19-5-7-20(8-6-19)30-22-4-2-3-10-25-22/h2-11,16H,12-15,17H2,1H3,(H,26,29). The number of likely N-dealkylation sites (N-methyl/N-ethyl adjacent to an activating group) is 1. The third-order valence-corrected chi connectivity index (χ3v) is 6.03. The number of amides is 1. The molecule has 3 aromatic rings. The molecule has 1 saturated heterocycles. The van der Waals surface area contributed by atoms with Crippen LogP contribution < -0.4 is 10.2 Å². The number of nitrogens with zero attached hydrogens (tertiary/aromatic N) is 4. The monoisotopic (exact) mass is 419 g/mol. The van der Waals surface area contributed by atoms with Crippen molar-refractivity contribution in [2.24, 2.45) is 0 Å². The van der Waals surface area contributed by atoms with Crippen LogP contribution in [0.25, 0.3) is 0 Å². The Labute approximate surface area is 181 Å². The Hall–Kier alpha value is -2.90. The topological polar surface area (TPSA) is 61.4 Å². The van der Waals surface area contributed by atoms with Crippen molar-refractivity contribution >= 4 is 23.5 Å². The fourth-order valence-corrected chi connectivity index (χ4v) is 4.04. The Kier molecular flexibility index (Phi) is 6.61. The van der Waals surface area contributed by atoms with E-state index in [1.54, 1.807) is 18.0 Å². The van der Waals surface area contributed by atoms with Gasteiger partial charge in [-0.2, -0.15) is 0 Å². The summed E-state index contributed by atoms with van der Waals surface area (Å²) in [5, 5.41) is 3.94. The molecule has 7 heteroatoms. The highest BCUT2D eigenvalue weighted by Crippen LogP contribution is 2.25. The van der Waals surface area contributed by atoms with Gasteiger partial charge in [0.15, 0.2) is 0 Å². The molecular formula is C23H25N5OS. The molecule has 1 N–H and O–H groups in total. The van der Waals surface area contributed by atoms with E-state index < -0.39 is 0 Å². The van der Waals surface area contributed by atoms with Gasteiger partial charge in [-0.3, -0.25) is 4.79 Å². The SMILES string of the molecule is CN1CCN(c2cc(CNC(=O)c3ccc(Sc4ccccn4)cc3)ccn2)CC1. The van der Waals surface area contributed by atoms with Gasteiger partial charge >= 0.3 is 0 Å². The third-order valence-electron chi connectivity index (χ3n) is 5.07. The molecule has 0 spiro atoms. The molecule has 2 aromatic heterocycles. The van der Waals surface area contributed by atoms with Crippen LogP contribution in [0, 0.1) is 0 Å². The number of carbonyl (C=O) groups excluding carboxylic acids is 1. The van der Waals surface area contributed by atoms with Gasteiger partial charge in [0, 0.05) is 55.6 Å². The molecule has 1 aliphatic heterocycles. The van der Waals surface area contributed by atoms with Gasteiger partial charge in [0.05, 0.1) is 0 Å². The summed E-state index contributed by atoms with van der Waals surface area (Å²) in [6.07, 6.45) is 3.59. The quantitative estimate of drug-likeness (QED) is 0.662. The number of benzene rings is 1. The highest BCUT2D eigenvalue weighted by Gasteiger charge is 2.15. The van der Waals surface area contributed by atoms with Crippen molar-refractivity contribution < 1.29 is 4.79 Å². The van der Waals surface area contributed by atoms with Crippen molar-refractivity contribution in [3.8, 4) is 0 Å². The number of rotatable bonds is 6. The van der Waals surface area contributed by atoms with E-state index in [9.17, 15) is 4.79 Å². The minimum Gasteiger partial charge on any atom is -0.354 e. The summed E-state index contributed by atoms with van der Waals surface area (Å²) in [5.41, 5.74) is 1.70. The lowest BCUT2D eigenvalue weighted by molar-refractivity contribution is 0.0951. The maximum Gasteiger partial charge on any atom is 0.251 e. The average molecular weight is 420 g/mol. The van der Waals surface area contributed by atoms with E-state index >= 15 is 0 Å². The lowest BCUT2D eigenvalue weighted by Crippen LogP contribution is -2.44. The summed E-state index contributed by atoms with van der Waals surface area (Å²) in [5.74, 6) is 0.896. The zero-order valence-electron chi connectivity index (χ0n) is 17.0. The second kappa shape index (κ2) is 9.73. The largest absolute Gasteiger partial charge is 0.354 e. The number of pyridine rings is 2. The van der Waals surface area contributed by atoms with Gasteiger partial charge in [-0.15, -0.1) is 0 Å². The second-order valence-electron chi connectivity index (χ2n) is 7.29. The molecule has 0 radical (unpaired) electrons. The summed E-state index contributed by atoms with van der Waals surface area (Å²) < 4.78 is 0. The van der Waals surface area contributed by atoms with Gasteiger partial charge in [0.1, 0.15) is 10.8 Å². The highest BCUT2D eigenvalue weighted by molar-refractivity contribution is 7.99. The van der Waals surface area contributed by atoms with E-state index in [-0.39, 0.29) is 5.91 Å². The van der Waals surface area contributed by atoms with Crippen LogP contribution in [-0.2, 0) is 6.54 Å². The lowest BCUT2D eigenvalue weighted by atomic mass is 10.2. The average Bonchev–Trinajstić information content (AvgIpc) is 2.79. The lowest BCUT2D eigenvalue weighted by Gasteiger charge is -2.33. The van der Waals surface area contributed by atoms with Crippen molar-refractivity contribution in [1.82, 2.24) is 20.2 Å². The minimum absolute atomic E-state index is 0.0812. The number of carbonyl (C=O) groups is 1. The molecule has 154 valence electrons. The summed E-state index contributed by atoms with van der Waals surface area (Å²) in [6, 6.07) is 17.4. The molecule has 4 rings (SSSR count). The first-order chi connectivity index (χ1) is 14.7. The number of piperazine rings is 1. The van der Waals surface area contributed by atoms with Gasteiger partial charge < -0.3 is 15.1 Å². The van der Waals surface area contributed by atoms with Crippen molar-refractivity contribution in [3.63, 3.8) is 0 Å². The predicted octanol–water partition coefficient (Wildman–Crippen LogP) is 3.31. The van der Waals surface area contributed by atoms with Gasteiger partial charge in [0.25, 0.3) is 5.91 Å². The molecule has 3 heterocycles. The van der Waals surface area contributed by atoms with Gasteiger partial charge in [-0.05, 0) is 61.1 Å². The summed E-state index contributed by atoms with van der Waals surface area (Å²) in [4.78, 5) is 27.0. The fraction of sp³-hybridized carbons (Fsp3) is 0.261. The Morgan fingerprint density at radius 2 is 1.80 bits per heavy atom. The zero-order valence-corrected chi connectivity index (χ0v) is 17.8. The molecule has 6 nitrogen and oxygen atoms in total. The van der Waals surface area contributed by atoms with Gasteiger partial charge in [0.2, 0.25) is 0 Å². The van der Waals surface area contributed by atoms with Gasteiger partial charge in [-0.25, -0.2) is 9.97 Å². The van der Waals surface area contributed by atoms with E-state index in [2.05, 4.69) is 38.2 Å². The summed E-state index contributed by atoms with van der Waals surface area (Å²) in [7, 11) is 2.14. The normalized spacial score (nSPS) is 14.5. The zero-order chi connectivity index (χ0) is 20.8. The molecule has 0 atom stereocenters. The van der Waals surface area contributed by atoms with Crippen molar-refractivity contribution in [3.05, 3.63) is 78.1 Å². The van der Waals surface area contributed by atoms with E-state index in [0.29, 0.717) is 12.1 Å². The van der Waals surface area contributed by atoms with Crippen LogP contribution in [-0.4, -0.2) is 54.0 Å². The number of aromatic nitrogens is 2. The number of hydrogen-bond acceptors (Lipinski definition) is 6. The molecular weight excluding hydrogens is 394 g/mol. The van der Waals surface area contributed by atoms with E-state index in [4.69, 9.17) is 0 Å². The fourth-order valence-electron chi connectivity index (χ4n) is 3.27. The number of anilines is 1. The molecule has 1 fully saturated rings. The predicted molar refractivity (Wildman–Crippen MR) is 120 cm³/mol. The maximum atomic E-state index is 12.5. The van der Waals surface area contributed by atoms with Crippen LogP contribution in [0.5, 0.6) is 0 Å². The first kappa shape index (κ1) is 20.4. The number of hydrogen-bond donors (Lipinski definition) is 1. The molecule has 0 aliphatic carbocycles. The van der Waals surface area contributed by atoms with Crippen molar-refractivity contribution in [2.75, 3.05) is 38.1 Å². The van der Waals surface area contributed by atoms with Crippen molar-refractivity contribution in [2.45, 2.75) is 16.5 Å². The first-order valence-corrected chi connectivity index (χ1v) is 10.8. The molecule has 1 aromatic carbocycles.